The van der Waals surface area contributed by atoms with Gasteiger partial charge in [-0.2, -0.15) is 0 Å². The average Bonchev–Trinajstić information content (AvgIpc) is 2.93. The molecule has 2 amide bonds. The fraction of sp³-hybridized carbons (Fsp3) is 0.429. The van der Waals surface area contributed by atoms with Crippen LogP contribution in [0.4, 0.5) is 0 Å². The smallest absolute Gasteiger partial charge is 0.252 e. The number of carbonyl (C=O) groups excluding carboxylic acids is 2. The zero-order valence-corrected chi connectivity index (χ0v) is 12.6. The second-order valence-electron chi connectivity index (χ2n) is 4.68. The van der Waals surface area contributed by atoms with Gasteiger partial charge in [0.15, 0.2) is 11.5 Å². The van der Waals surface area contributed by atoms with Gasteiger partial charge in [-0.3, -0.25) is 9.59 Å². The van der Waals surface area contributed by atoms with Gasteiger partial charge in [-0.25, -0.2) is 0 Å². The Hall–Kier alpha value is -1.95. The van der Waals surface area contributed by atoms with Crippen LogP contribution in [0.1, 0.15) is 30.6 Å². The van der Waals surface area contributed by atoms with Crippen molar-refractivity contribution in [1.82, 2.24) is 10.6 Å². The summed E-state index contributed by atoms with van der Waals surface area (Å²) in [7, 11) is 0. The molecule has 6 nitrogen and oxygen atoms in total. The predicted molar refractivity (Wildman–Crippen MR) is 77.8 cm³/mol. The maximum absolute atomic E-state index is 12.1. The minimum Gasteiger partial charge on any atom is -0.454 e. The molecule has 1 aromatic rings. The van der Waals surface area contributed by atoms with Crippen molar-refractivity contribution in [1.29, 1.82) is 0 Å². The molecular weight excluding hydrogens is 296 g/mol. The lowest BCUT2D eigenvalue weighted by Crippen LogP contribution is -2.45. The topological polar surface area (TPSA) is 76.7 Å². The molecule has 1 aliphatic heterocycles. The van der Waals surface area contributed by atoms with Gasteiger partial charge in [0, 0.05) is 12.1 Å². The van der Waals surface area contributed by atoms with Crippen molar-refractivity contribution in [3.63, 3.8) is 0 Å². The summed E-state index contributed by atoms with van der Waals surface area (Å²) in [4.78, 5) is 23.9. The second-order valence-corrected chi connectivity index (χ2v) is 5.09. The van der Waals surface area contributed by atoms with Crippen LogP contribution in [0, 0.1) is 0 Å². The van der Waals surface area contributed by atoms with Crippen LogP contribution < -0.4 is 20.1 Å². The fourth-order valence-electron chi connectivity index (χ4n) is 1.85. The first-order valence-electron chi connectivity index (χ1n) is 6.70. The molecule has 1 aliphatic rings. The van der Waals surface area contributed by atoms with E-state index in [2.05, 4.69) is 10.6 Å². The number of hydrogen-bond acceptors (Lipinski definition) is 4. The first-order chi connectivity index (χ1) is 10.0. The maximum atomic E-state index is 12.1. The lowest BCUT2D eigenvalue weighted by atomic mass is 10.1. The van der Waals surface area contributed by atoms with Crippen LogP contribution in [-0.2, 0) is 4.79 Å². The molecule has 0 radical (unpaired) electrons. The van der Waals surface area contributed by atoms with Crippen molar-refractivity contribution in [3.05, 3.63) is 22.7 Å². The van der Waals surface area contributed by atoms with Gasteiger partial charge >= 0.3 is 0 Å². The lowest BCUT2D eigenvalue weighted by Gasteiger charge is -2.14. The largest absolute Gasteiger partial charge is 0.454 e. The Morgan fingerprint density at radius 3 is 2.86 bits per heavy atom. The number of benzene rings is 1. The molecule has 21 heavy (non-hydrogen) atoms. The van der Waals surface area contributed by atoms with Crippen LogP contribution in [0.25, 0.3) is 0 Å². The van der Waals surface area contributed by atoms with Crippen LogP contribution in [0.15, 0.2) is 12.1 Å². The van der Waals surface area contributed by atoms with Gasteiger partial charge < -0.3 is 20.1 Å². The summed E-state index contributed by atoms with van der Waals surface area (Å²) < 4.78 is 10.4. The summed E-state index contributed by atoms with van der Waals surface area (Å²) in [6.45, 7) is 4.24. The van der Waals surface area contributed by atoms with Crippen LogP contribution >= 0.6 is 11.6 Å². The van der Waals surface area contributed by atoms with E-state index in [0.29, 0.717) is 28.6 Å². The number of rotatable bonds is 5. The number of ether oxygens (including phenoxy) is 2. The van der Waals surface area contributed by atoms with E-state index >= 15 is 0 Å². The number of nitrogens with one attached hydrogen (secondary N) is 2. The number of fused-ring (bicyclic) bond motifs is 1. The van der Waals surface area contributed by atoms with E-state index in [-0.39, 0.29) is 12.7 Å². The Kier molecular flexibility index (Phi) is 4.90. The van der Waals surface area contributed by atoms with Gasteiger partial charge in [0.1, 0.15) is 6.04 Å². The van der Waals surface area contributed by atoms with Crippen LogP contribution in [0.5, 0.6) is 11.5 Å². The number of amides is 2. The molecular formula is C14H17ClN2O4. The molecule has 0 aliphatic carbocycles. The summed E-state index contributed by atoms with van der Waals surface area (Å²) >= 11 is 6.02. The zero-order chi connectivity index (χ0) is 15.4. The Morgan fingerprint density at radius 1 is 1.38 bits per heavy atom. The second kappa shape index (κ2) is 6.67. The molecule has 114 valence electrons. The van der Waals surface area contributed by atoms with Crippen LogP contribution in [0.3, 0.4) is 0 Å². The molecule has 0 fully saturated rings. The molecule has 1 heterocycles. The van der Waals surface area contributed by atoms with Crippen molar-refractivity contribution in [3.8, 4) is 11.5 Å². The Balaban J connectivity index is 2.04. The first kappa shape index (κ1) is 15.4. The molecule has 0 saturated heterocycles. The zero-order valence-electron chi connectivity index (χ0n) is 11.9. The van der Waals surface area contributed by atoms with E-state index in [1.807, 2.05) is 6.92 Å². The maximum Gasteiger partial charge on any atom is 0.252 e. The minimum absolute atomic E-state index is 0.0793. The molecule has 1 aromatic carbocycles. The van der Waals surface area contributed by atoms with Crippen molar-refractivity contribution in [2.24, 2.45) is 0 Å². The molecule has 0 bridgehead atoms. The summed E-state index contributed by atoms with van der Waals surface area (Å²) in [5.74, 6) is 0.240. The van der Waals surface area contributed by atoms with Crippen molar-refractivity contribution in [2.45, 2.75) is 26.3 Å². The quantitative estimate of drug-likeness (QED) is 0.868. The van der Waals surface area contributed by atoms with Crippen molar-refractivity contribution < 1.29 is 19.1 Å². The third-order valence-electron chi connectivity index (χ3n) is 2.98. The van der Waals surface area contributed by atoms with E-state index < -0.39 is 11.9 Å². The van der Waals surface area contributed by atoms with Gasteiger partial charge in [-0.1, -0.05) is 18.5 Å². The van der Waals surface area contributed by atoms with Crippen molar-refractivity contribution >= 4 is 23.4 Å². The van der Waals surface area contributed by atoms with E-state index in [1.54, 1.807) is 13.0 Å². The molecule has 1 atom stereocenters. The molecule has 7 heteroatoms. The summed E-state index contributed by atoms with van der Waals surface area (Å²) in [5, 5.41) is 5.64. The van der Waals surface area contributed by atoms with Crippen LogP contribution in [0.2, 0.25) is 5.02 Å². The number of carbonyl (C=O) groups is 2. The molecule has 2 rings (SSSR count). The average molecular weight is 313 g/mol. The molecule has 0 aromatic heterocycles. The van der Waals surface area contributed by atoms with E-state index in [9.17, 15) is 9.59 Å². The van der Waals surface area contributed by atoms with E-state index in [1.165, 1.54) is 6.07 Å². The first-order valence-corrected chi connectivity index (χ1v) is 7.08. The predicted octanol–water partition coefficient (Wildman–Crippen LogP) is 1.71. The standard InChI is InChI=1S/C14H17ClN2O4/c1-3-4-16-13(18)8(2)17-14(19)9-5-10(15)12-11(6-9)20-7-21-12/h5-6,8H,3-4,7H2,1-2H3,(H,16,18)(H,17,19)/t8-/m1/s1. The molecule has 0 unspecified atom stereocenters. The third-order valence-corrected chi connectivity index (χ3v) is 3.26. The van der Waals surface area contributed by atoms with Gasteiger partial charge in [0.25, 0.3) is 5.91 Å². The summed E-state index contributed by atoms with van der Waals surface area (Å²) in [6.07, 6.45) is 0.837. The van der Waals surface area contributed by atoms with Gasteiger partial charge in [-0.05, 0) is 25.5 Å². The highest BCUT2D eigenvalue weighted by atomic mass is 35.5. The van der Waals surface area contributed by atoms with E-state index in [4.69, 9.17) is 21.1 Å². The van der Waals surface area contributed by atoms with Gasteiger partial charge in [0.2, 0.25) is 12.7 Å². The molecule has 0 spiro atoms. The number of halogens is 1. The fourth-order valence-corrected chi connectivity index (χ4v) is 2.11. The molecule has 0 saturated carbocycles. The Morgan fingerprint density at radius 2 is 2.14 bits per heavy atom. The van der Waals surface area contributed by atoms with Crippen LogP contribution in [-0.4, -0.2) is 31.2 Å². The highest BCUT2D eigenvalue weighted by Gasteiger charge is 2.22. The third kappa shape index (κ3) is 3.58. The monoisotopic (exact) mass is 312 g/mol. The minimum atomic E-state index is -0.631. The summed E-state index contributed by atoms with van der Waals surface area (Å²) in [6, 6.07) is 2.40. The highest BCUT2D eigenvalue weighted by molar-refractivity contribution is 6.32. The highest BCUT2D eigenvalue weighted by Crippen LogP contribution is 2.39. The number of hydrogen-bond donors (Lipinski definition) is 2. The normalized spacial score (nSPS) is 13.7. The lowest BCUT2D eigenvalue weighted by molar-refractivity contribution is -0.122. The van der Waals surface area contributed by atoms with E-state index in [0.717, 1.165) is 6.42 Å². The SMILES string of the molecule is CCCNC(=O)[C@@H](C)NC(=O)c1cc(Cl)c2c(c1)OCO2. The molecule has 2 N–H and O–H groups in total. The van der Waals surface area contributed by atoms with Gasteiger partial charge in [0.05, 0.1) is 5.02 Å². The Labute approximate surface area is 127 Å². The summed E-state index contributed by atoms with van der Waals surface area (Å²) in [5.41, 5.74) is 0.319. The Bertz CT molecular complexity index is 562. The van der Waals surface area contributed by atoms with Gasteiger partial charge in [-0.15, -0.1) is 0 Å². The van der Waals surface area contributed by atoms with Crippen molar-refractivity contribution in [2.75, 3.05) is 13.3 Å².